The van der Waals surface area contributed by atoms with E-state index in [1.165, 1.54) is 11.1 Å². The zero-order valence-electron chi connectivity index (χ0n) is 29.5. The second kappa shape index (κ2) is 13.2. The van der Waals surface area contributed by atoms with E-state index in [-0.39, 0.29) is 10.8 Å². The molecule has 5 nitrogen and oxygen atoms in total. The molecule has 0 radical (unpaired) electrons. The van der Waals surface area contributed by atoms with Gasteiger partial charge < -0.3 is 0 Å². The van der Waals surface area contributed by atoms with Crippen LogP contribution < -0.4 is 0 Å². The maximum absolute atomic E-state index is 5.07. The van der Waals surface area contributed by atoms with Crippen molar-refractivity contribution in [2.45, 2.75) is 52.4 Å². The van der Waals surface area contributed by atoms with E-state index in [2.05, 4.69) is 90.1 Å². The Morgan fingerprint density at radius 1 is 0.320 bits per heavy atom. The van der Waals surface area contributed by atoms with Crippen molar-refractivity contribution in [1.82, 2.24) is 24.9 Å². The lowest BCUT2D eigenvalue weighted by Gasteiger charge is -2.26. The largest absolute Gasteiger partial charge is 0.236 e. The Labute approximate surface area is 295 Å². The molecular weight excluding hydrogens is 611 g/mol. The van der Waals surface area contributed by atoms with Gasteiger partial charge in [0.1, 0.15) is 0 Å². The number of aromatic nitrogens is 5. The molecule has 0 atom stereocenters. The molecule has 50 heavy (non-hydrogen) atoms. The summed E-state index contributed by atoms with van der Waals surface area (Å²) in [5.74, 6) is 2.46. The maximum Gasteiger partial charge on any atom is 0.164 e. The minimum atomic E-state index is -0.0315. The van der Waals surface area contributed by atoms with Gasteiger partial charge in [-0.3, -0.25) is 0 Å². The lowest BCUT2D eigenvalue weighted by Crippen LogP contribution is -2.16. The van der Waals surface area contributed by atoms with Crippen LogP contribution in [-0.4, -0.2) is 24.9 Å². The van der Waals surface area contributed by atoms with Gasteiger partial charge in [-0.15, -0.1) is 0 Å². The molecule has 0 saturated heterocycles. The van der Waals surface area contributed by atoms with E-state index < -0.39 is 0 Å². The third-order valence-electron chi connectivity index (χ3n) is 8.91. The van der Waals surface area contributed by atoms with Crippen LogP contribution in [0.1, 0.15) is 52.7 Å². The molecule has 0 aliphatic rings. The molecule has 0 fully saturated rings. The van der Waals surface area contributed by atoms with Gasteiger partial charge >= 0.3 is 0 Å². The highest BCUT2D eigenvalue weighted by atomic mass is 15.0. The Hall–Kier alpha value is -5.81. The predicted molar refractivity (Wildman–Crippen MR) is 205 cm³/mol. The number of hydrogen-bond acceptors (Lipinski definition) is 5. The molecule has 7 aromatic rings. The van der Waals surface area contributed by atoms with Crippen molar-refractivity contribution in [2.24, 2.45) is 0 Å². The van der Waals surface area contributed by atoms with E-state index in [0.717, 1.165) is 44.5 Å². The molecule has 5 aromatic carbocycles. The van der Waals surface area contributed by atoms with Gasteiger partial charge in [-0.2, -0.15) is 0 Å². The molecule has 0 unspecified atom stereocenters. The first-order valence-corrected chi connectivity index (χ1v) is 17.1. The fourth-order valence-corrected chi connectivity index (χ4v) is 5.91. The van der Waals surface area contributed by atoms with Crippen LogP contribution in [0.3, 0.4) is 0 Å². The molecule has 0 aliphatic heterocycles. The Morgan fingerprint density at radius 3 is 1.12 bits per heavy atom. The third kappa shape index (κ3) is 7.13. The molecule has 0 N–H and O–H groups in total. The van der Waals surface area contributed by atoms with Crippen LogP contribution >= 0.6 is 0 Å². The van der Waals surface area contributed by atoms with E-state index in [1.807, 2.05) is 91.3 Å². The normalized spacial score (nSPS) is 11.8. The van der Waals surface area contributed by atoms with E-state index in [0.29, 0.717) is 23.3 Å². The van der Waals surface area contributed by atoms with Crippen LogP contribution in [0.4, 0.5) is 0 Å². The van der Waals surface area contributed by atoms with Crippen LogP contribution in [0.5, 0.6) is 0 Å². The van der Waals surface area contributed by atoms with Gasteiger partial charge in [0, 0.05) is 40.2 Å². The summed E-state index contributed by atoms with van der Waals surface area (Å²) < 4.78 is 0. The highest BCUT2D eigenvalue weighted by Gasteiger charge is 2.22. The van der Waals surface area contributed by atoms with Gasteiger partial charge in [0.15, 0.2) is 23.3 Å². The molecule has 5 heteroatoms. The van der Waals surface area contributed by atoms with Gasteiger partial charge in [-0.1, -0.05) is 151 Å². The SMILES string of the molecule is CC(C)(C)c1cc(-c2cc(-c3ncc(-c4ccccc4)cn3)cc(-c3nc(-c4ccccc4)nc(-c4ccccc4)n3)c2)cc(C(C)(C)C)c1. The first-order chi connectivity index (χ1) is 24.0. The van der Waals surface area contributed by atoms with Crippen molar-refractivity contribution >= 4 is 0 Å². The van der Waals surface area contributed by atoms with Gasteiger partial charge in [0.2, 0.25) is 0 Å². The van der Waals surface area contributed by atoms with Gasteiger partial charge in [-0.25, -0.2) is 24.9 Å². The number of hydrogen-bond donors (Lipinski definition) is 0. The quantitative estimate of drug-likeness (QED) is 0.179. The summed E-state index contributed by atoms with van der Waals surface area (Å²) >= 11 is 0. The molecule has 0 bridgehead atoms. The van der Waals surface area contributed by atoms with Crippen LogP contribution in [0.2, 0.25) is 0 Å². The van der Waals surface area contributed by atoms with E-state index in [4.69, 9.17) is 24.9 Å². The first-order valence-electron chi connectivity index (χ1n) is 17.1. The van der Waals surface area contributed by atoms with Crippen molar-refractivity contribution < 1.29 is 0 Å². The van der Waals surface area contributed by atoms with Crippen LogP contribution in [0, 0.1) is 0 Å². The Kier molecular flexibility index (Phi) is 8.67. The highest BCUT2D eigenvalue weighted by molar-refractivity contribution is 5.79. The average Bonchev–Trinajstić information content (AvgIpc) is 3.15. The second-order valence-corrected chi connectivity index (χ2v) is 14.8. The zero-order valence-corrected chi connectivity index (χ0v) is 29.5. The van der Waals surface area contributed by atoms with Crippen molar-refractivity contribution in [1.29, 1.82) is 0 Å². The summed E-state index contributed by atoms with van der Waals surface area (Å²) in [6.45, 7) is 13.6. The molecule has 2 heterocycles. The monoisotopic (exact) mass is 651 g/mol. The molecule has 2 aromatic heterocycles. The summed E-state index contributed by atoms with van der Waals surface area (Å²) in [6, 6.07) is 43.8. The number of benzene rings is 5. The third-order valence-corrected chi connectivity index (χ3v) is 8.91. The van der Waals surface area contributed by atoms with Gasteiger partial charge in [0.05, 0.1) is 0 Å². The maximum atomic E-state index is 5.07. The number of rotatable bonds is 6. The molecule has 0 aliphatic carbocycles. The van der Waals surface area contributed by atoms with Crippen LogP contribution in [0.15, 0.2) is 140 Å². The first kappa shape index (κ1) is 32.7. The average molecular weight is 652 g/mol. The van der Waals surface area contributed by atoms with Crippen LogP contribution in [0.25, 0.3) is 67.8 Å². The fourth-order valence-electron chi connectivity index (χ4n) is 5.91. The Morgan fingerprint density at radius 2 is 0.680 bits per heavy atom. The van der Waals surface area contributed by atoms with E-state index >= 15 is 0 Å². The summed E-state index contributed by atoms with van der Waals surface area (Å²) in [6.07, 6.45) is 3.79. The predicted octanol–water partition coefficient (Wildman–Crippen LogP) is 11.3. The molecule has 0 amide bonds. The Balaban J connectivity index is 1.46. The molecular formula is C45H41N5. The smallest absolute Gasteiger partial charge is 0.164 e. The van der Waals surface area contributed by atoms with Crippen molar-refractivity contribution in [3.8, 4) is 67.8 Å². The molecule has 0 saturated carbocycles. The molecule has 0 spiro atoms. The molecule has 7 rings (SSSR count). The summed E-state index contributed by atoms with van der Waals surface area (Å²) in [4.78, 5) is 24.8. The van der Waals surface area contributed by atoms with Crippen LogP contribution in [-0.2, 0) is 10.8 Å². The van der Waals surface area contributed by atoms with E-state index in [9.17, 15) is 0 Å². The van der Waals surface area contributed by atoms with E-state index in [1.54, 1.807) is 0 Å². The summed E-state index contributed by atoms with van der Waals surface area (Å²) in [5, 5.41) is 0. The van der Waals surface area contributed by atoms with Gasteiger partial charge in [0.25, 0.3) is 0 Å². The number of nitrogens with zero attached hydrogens (tertiary/aromatic N) is 5. The standard InChI is InChI=1S/C45H41N5/c1-44(2,3)38-25-34(26-39(27-38)45(4,5)6)33-22-35(40-46-28-37(29-47-40)30-16-10-7-11-17-30)24-36(23-33)43-49-41(31-18-12-8-13-19-31)48-42(50-43)32-20-14-9-15-21-32/h7-29H,1-6H3. The van der Waals surface area contributed by atoms with Gasteiger partial charge in [-0.05, 0) is 56.8 Å². The fraction of sp³-hybridized carbons (Fsp3) is 0.178. The Bertz CT molecular complexity index is 2160. The minimum absolute atomic E-state index is 0.0315. The van der Waals surface area contributed by atoms with Crippen molar-refractivity contribution in [2.75, 3.05) is 0 Å². The summed E-state index contributed by atoms with van der Waals surface area (Å²) in [5.41, 5.74) is 10.3. The lowest BCUT2D eigenvalue weighted by atomic mass is 9.78. The zero-order chi connectivity index (χ0) is 34.9. The lowest BCUT2D eigenvalue weighted by molar-refractivity contribution is 0.569. The summed E-state index contributed by atoms with van der Waals surface area (Å²) in [7, 11) is 0. The van der Waals surface area contributed by atoms with Crippen molar-refractivity contribution in [3.63, 3.8) is 0 Å². The highest BCUT2D eigenvalue weighted by Crippen LogP contribution is 2.37. The molecule has 246 valence electrons. The second-order valence-electron chi connectivity index (χ2n) is 14.8. The topological polar surface area (TPSA) is 64.5 Å². The van der Waals surface area contributed by atoms with Crippen molar-refractivity contribution in [3.05, 3.63) is 151 Å². The minimum Gasteiger partial charge on any atom is -0.236 e.